The Bertz CT molecular complexity index is 1410. The molecule has 1 unspecified atom stereocenters. The van der Waals surface area contributed by atoms with E-state index in [-0.39, 0.29) is 23.3 Å². The van der Waals surface area contributed by atoms with Crippen molar-refractivity contribution >= 4 is 22.7 Å². The van der Waals surface area contributed by atoms with Crippen LogP contribution < -0.4 is 0 Å². The van der Waals surface area contributed by atoms with Crippen molar-refractivity contribution in [3.63, 3.8) is 0 Å². The number of rotatable bonds is 5. The van der Waals surface area contributed by atoms with Crippen molar-refractivity contribution in [2.75, 3.05) is 0 Å². The van der Waals surface area contributed by atoms with Crippen LogP contribution in [0.5, 0.6) is 0 Å². The predicted molar refractivity (Wildman–Crippen MR) is 135 cm³/mol. The Balaban J connectivity index is 1.60. The summed E-state index contributed by atoms with van der Waals surface area (Å²) in [5.74, 6) is -1.50. The molecule has 1 amide bonds. The maximum Gasteiger partial charge on any atom is 0.290 e. The van der Waals surface area contributed by atoms with Gasteiger partial charge in [-0.15, -0.1) is 0 Å². The largest absolute Gasteiger partial charge is 0.503 e. The number of fused-ring (bicyclic) bond motifs is 1. The summed E-state index contributed by atoms with van der Waals surface area (Å²) in [5, 5.41) is 11.7. The summed E-state index contributed by atoms with van der Waals surface area (Å²) < 4.78 is 5.80. The second kappa shape index (κ2) is 8.58. The zero-order valence-electron chi connectivity index (χ0n) is 20.0. The first kappa shape index (κ1) is 22.7. The molecule has 0 radical (unpaired) electrons. The molecule has 1 aliphatic rings. The number of benzene rings is 3. The minimum atomic E-state index is -0.738. The SMILES string of the molecule is CC(C)(C)c1ccc(C2C(C(=O)c3cc4ccccc4o3)=C(O)C(=O)N2Cc2ccccc2)cc1. The number of para-hydroxylation sites is 1. The zero-order chi connectivity index (χ0) is 24.7. The number of hydrogen-bond donors (Lipinski definition) is 1. The number of furan rings is 1. The van der Waals surface area contributed by atoms with E-state index in [0.29, 0.717) is 5.58 Å². The third kappa shape index (κ3) is 4.14. The summed E-state index contributed by atoms with van der Waals surface area (Å²) in [6.07, 6.45) is 0. The summed E-state index contributed by atoms with van der Waals surface area (Å²) in [7, 11) is 0. The molecule has 1 aromatic heterocycles. The van der Waals surface area contributed by atoms with Crippen molar-refractivity contribution < 1.29 is 19.1 Å². The summed E-state index contributed by atoms with van der Waals surface area (Å²) in [4.78, 5) is 28.5. The fraction of sp³-hybridized carbons (Fsp3) is 0.200. The minimum Gasteiger partial charge on any atom is -0.503 e. The van der Waals surface area contributed by atoms with Crippen molar-refractivity contribution in [3.8, 4) is 0 Å². The molecule has 0 saturated carbocycles. The molecule has 1 atom stereocenters. The fourth-order valence-electron chi connectivity index (χ4n) is 4.57. The molecule has 0 spiro atoms. The number of nitrogens with zero attached hydrogens (tertiary/aromatic N) is 1. The van der Waals surface area contributed by atoms with Gasteiger partial charge in [-0.05, 0) is 34.2 Å². The van der Waals surface area contributed by atoms with Crippen LogP contribution in [0.3, 0.4) is 0 Å². The van der Waals surface area contributed by atoms with Crippen LogP contribution in [-0.2, 0) is 16.8 Å². The molecule has 3 aromatic carbocycles. The molecule has 5 heteroatoms. The third-order valence-corrected chi connectivity index (χ3v) is 6.49. The lowest BCUT2D eigenvalue weighted by Gasteiger charge is -2.27. The summed E-state index contributed by atoms with van der Waals surface area (Å²) in [6.45, 7) is 6.65. The van der Waals surface area contributed by atoms with Crippen LogP contribution in [0.15, 0.2) is 101 Å². The van der Waals surface area contributed by atoms with E-state index in [1.165, 1.54) is 0 Å². The molecular formula is C30H27NO4. The Morgan fingerprint density at radius 2 is 1.60 bits per heavy atom. The van der Waals surface area contributed by atoms with Crippen molar-refractivity contribution in [3.05, 3.63) is 119 Å². The van der Waals surface area contributed by atoms with Crippen LogP contribution >= 0.6 is 0 Å². The molecule has 176 valence electrons. The number of carbonyl (C=O) groups excluding carboxylic acids is 2. The Hall–Kier alpha value is -4.12. The highest BCUT2D eigenvalue weighted by molar-refractivity contribution is 6.16. The predicted octanol–water partition coefficient (Wildman–Crippen LogP) is 6.51. The second-order valence-corrected chi connectivity index (χ2v) is 9.93. The first-order valence-electron chi connectivity index (χ1n) is 11.7. The lowest BCUT2D eigenvalue weighted by molar-refractivity contribution is -0.130. The molecule has 1 N–H and O–H groups in total. The number of hydrogen-bond acceptors (Lipinski definition) is 4. The number of amides is 1. The monoisotopic (exact) mass is 465 g/mol. The van der Waals surface area contributed by atoms with Gasteiger partial charge in [0, 0.05) is 11.9 Å². The van der Waals surface area contributed by atoms with Crippen LogP contribution in [0, 0.1) is 0 Å². The maximum absolute atomic E-state index is 13.7. The van der Waals surface area contributed by atoms with Crippen molar-refractivity contribution in [2.24, 2.45) is 0 Å². The van der Waals surface area contributed by atoms with E-state index in [0.717, 1.165) is 22.1 Å². The summed E-state index contributed by atoms with van der Waals surface area (Å²) in [6, 6.07) is 25.7. The average Bonchev–Trinajstić information content (AvgIpc) is 3.39. The first-order valence-corrected chi connectivity index (χ1v) is 11.7. The molecule has 0 aliphatic carbocycles. The molecule has 5 nitrogen and oxygen atoms in total. The lowest BCUT2D eigenvalue weighted by atomic mass is 9.85. The molecular weight excluding hydrogens is 438 g/mol. The highest BCUT2D eigenvalue weighted by atomic mass is 16.3. The average molecular weight is 466 g/mol. The van der Waals surface area contributed by atoms with Crippen LogP contribution in [0.4, 0.5) is 0 Å². The number of Topliss-reactive ketones (excluding diaryl/α,β-unsaturated/α-hetero) is 1. The molecule has 1 aliphatic heterocycles. The Labute approximate surface area is 204 Å². The highest BCUT2D eigenvalue weighted by Gasteiger charge is 2.44. The van der Waals surface area contributed by atoms with E-state index in [9.17, 15) is 14.7 Å². The van der Waals surface area contributed by atoms with Crippen LogP contribution in [0.25, 0.3) is 11.0 Å². The standard InChI is InChI=1S/C30H27NO4/c1-30(2,3)22-15-13-20(14-16-22)26-25(27(32)24-17-21-11-7-8-12-23(21)35-24)28(33)29(34)31(26)18-19-9-5-4-6-10-19/h4-17,26,33H,18H2,1-3H3. The number of carbonyl (C=O) groups is 2. The van der Waals surface area contributed by atoms with Crippen molar-refractivity contribution in [2.45, 2.75) is 38.8 Å². The van der Waals surface area contributed by atoms with Gasteiger partial charge < -0.3 is 14.4 Å². The van der Waals surface area contributed by atoms with Crippen LogP contribution in [-0.4, -0.2) is 21.7 Å². The third-order valence-electron chi connectivity index (χ3n) is 6.49. The minimum absolute atomic E-state index is 0.0356. The maximum atomic E-state index is 13.7. The quantitative estimate of drug-likeness (QED) is 0.341. The molecule has 0 bridgehead atoms. The summed E-state index contributed by atoms with van der Waals surface area (Å²) in [5.41, 5.74) is 3.37. The Morgan fingerprint density at radius 1 is 0.943 bits per heavy atom. The van der Waals surface area contributed by atoms with Gasteiger partial charge in [-0.3, -0.25) is 9.59 Å². The topological polar surface area (TPSA) is 70.7 Å². The fourth-order valence-corrected chi connectivity index (χ4v) is 4.57. The number of aliphatic hydroxyl groups is 1. The van der Waals surface area contributed by atoms with Gasteiger partial charge >= 0.3 is 0 Å². The number of aliphatic hydroxyl groups excluding tert-OH is 1. The Morgan fingerprint density at radius 3 is 2.26 bits per heavy atom. The van der Waals surface area contributed by atoms with Crippen LogP contribution in [0.1, 0.15) is 54.1 Å². The van der Waals surface area contributed by atoms with Gasteiger partial charge in [0.1, 0.15) is 5.58 Å². The van der Waals surface area contributed by atoms with E-state index < -0.39 is 23.5 Å². The van der Waals surface area contributed by atoms with Gasteiger partial charge in [0.25, 0.3) is 5.91 Å². The lowest BCUT2D eigenvalue weighted by Crippen LogP contribution is -2.30. The first-order chi connectivity index (χ1) is 16.7. The molecule has 2 heterocycles. The van der Waals surface area contributed by atoms with Gasteiger partial charge in [0.15, 0.2) is 11.5 Å². The molecule has 4 aromatic rings. The highest BCUT2D eigenvalue weighted by Crippen LogP contribution is 2.41. The summed E-state index contributed by atoms with van der Waals surface area (Å²) >= 11 is 0. The normalized spacial score (nSPS) is 16.4. The number of ketones is 1. The van der Waals surface area contributed by atoms with E-state index in [1.807, 2.05) is 72.8 Å². The van der Waals surface area contributed by atoms with E-state index in [1.54, 1.807) is 17.0 Å². The van der Waals surface area contributed by atoms with E-state index >= 15 is 0 Å². The van der Waals surface area contributed by atoms with Gasteiger partial charge in [0.2, 0.25) is 5.78 Å². The van der Waals surface area contributed by atoms with E-state index in [4.69, 9.17) is 4.42 Å². The van der Waals surface area contributed by atoms with Gasteiger partial charge in [-0.1, -0.05) is 93.6 Å². The molecule has 0 saturated heterocycles. The zero-order valence-corrected chi connectivity index (χ0v) is 20.0. The Kier molecular flexibility index (Phi) is 5.56. The van der Waals surface area contributed by atoms with Crippen LogP contribution in [0.2, 0.25) is 0 Å². The van der Waals surface area contributed by atoms with Gasteiger partial charge in [-0.2, -0.15) is 0 Å². The smallest absolute Gasteiger partial charge is 0.290 e. The molecule has 35 heavy (non-hydrogen) atoms. The van der Waals surface area contributed by atoms with E-state index in [2.05, 4.69) is 20.8 Å². The van der Waals surface area contributed by atoms with Crippen molar-refractivity contribution in [1.82, 2.24) is 4.90 Å². The molecule has 5 rings (SSSR count). The second-order valence-electron chi connectivity index (χ2n) is 9.93. The van der Waals surface area contributed by atoms with Crippen molar-refractivity contribution in [1.29, 1.82) is 0 Å². The van der Waals surface area contributed by atoms with Gasteiger partial charge in [0.05, 0.1) is 11.6 Å². The van der Waals surface area contributed by atoms with Gasteiger partial charge in [-0.25, -0.2) is 0 Å². The molecule has 0 fully saturated rings.